The number of methoxy groups -OCH3 is 2. The van der Waals surface area contributed by atoms with Crippen LogP contribution in [0, 0.1) is 0 Å². The van der Waals surface area contributed by atoms with Crippen LogP contribution in [0.4, 0.5) is 0 Å². The Bertz CT molecular complexity index is 423. The monoisotopic (exact) mass is 398 g/mol. The van der Waals surface area contributed by atoms with Gasteiger partial charge in [-0.1, -0.05) is 90.0 Å². The third-order valence-corrected chi connectivity index (χ3v) is 5.45. The second-order valence-electron chi connectivity index (χ2n) is 7.87. The molecule has 5 heteroatoms. The summed E-state index contributed by atoms with van der Waals surface area (Å²) in [5.41, 5.74) is 0. The van der Waals surface area contributed by atoms with E-state index in [1.807, 2.05) is 12.2 Å². The van der Waals surface area contributed by atoms with Crippen molar-refractivity contribution in [2.45, 2.75) is 115 Å². The van der Waals surface area contributed by atoms with Gasteiger partial charge in [0.1, 0.15) is 6.10 Å². The molecular weight excluding hydrogens is 356 g/mol. The Morgan fingerprint density at radius 2 is 1.43 bits per heavy atom. The third-order valence-electron chi connectivity index (χ3n) is 5.45. The van der Waals surface area contributed by atoms with Gasteiger partial charge in [0.05, 0.1) is 13.5 Å². The number of hydrogen-bond acceptors (Lipinski definition) is 5. The molecule has 0 saturated heterocycles. The van der Waals surface area contributed by atoms with Gasteiger partial charge in [-0.25, -0.2) is 4.89 Å². The van der Waals surface area contributed by atoms with Crippen LogP contribution in [0.15, 0.2) is 12.2 Å². The maximum Gasteiger partial charge on any atom is 0.308 e. The van der Waals surface area contributed by atoms with Crippen molar-refractivity contribution in [1.29, 1.82) is 0 Å². The summed E-state index contributed by atoms with van der Waals surface area (Å²) >= 11 is 0. The van der Waals surface area contributed by atoms with E-state index in [1.165, 1.54) is 84.2 Å². The zero-order chi connectivity index (χ0) is 20.5. The predicted octanol–water partition coefficient (Wildman–Crippen LogP) is 6.26. The molecule has 5 nitrogen and oxygen atoms in total. The van der Waals surface area contributed by atoms with Gasteiger partial charge in [0.25, 0.3) is 0 Å². The minimum Gasteiger partial charge on any atom is -0.469 e. The zero-order valence-electron chi connectivity index (χ0n) is 18.4. The summed E-state index contributed by atoms with van der Waals surface area (Å²) in [6, 6.07) is 0. The molecule has 0 aromatic rings. The van der Waals surface area contributed by atoms with E-state index in [-0.39, 0.29) is 12.4 Å². The van der Waals surface area contributed by atoms with Gasteiger partial charge in [0, 0.05) is 13.5 Å². The summed E-state index contributed by atoms with van der Waals surface area (Å²) in [5.74, 6) is -1.15. The average Bonchev–Trinajstić information content (AvgIpc) is 2.72. The first-order valence-corrected chi connectivity index (χ1v) is 11.3. The fourth-order valence-corrected chi connectivity index (χ4v) is 3.52. The van der Waals surface area contributed by atoms with Crippen LogP contribution in [0.5, 0.6) is 0 Å². The molecule has 1 aliphatic heterocycles. The Morgan fingerprint density at radius 1 is 0.893 bits per heavy atom. The summed E-state index contributed by atoms with van der Waals surface area (Å²) in [6.45, 7) is 2.27. The first-order chi connectivity index (χ1) is 13.7. The van der Waals surface area contributed by atoms with Gasteiger partial charge in [-0.2, -0.15) is 4.89 Å². The molecule has 0 N–H and O–H groups in total. The molecule has 0 bridgehead atoms. The van der Waals surface area contributed by atoms with Crippen LogP contribution in [0.25, 0.3) is 0 Å². The molecule has 164 valence electrons. The maximum absolute atomic E-state index is 11.3. The van der Waals surface area contributed by atoms with Gasteiger partial charge >= 0.3 is 5.97 Å². The van der Waals surface area contributed by atoms with Crippen molar-refractivity contribution in [3.05, 3.63) is 12.2 Å². The van der Waals surface area contributed by atoms with E-state index in [4.69, 9.17) is 14.5 Å². The Hall–Kier alpha value is -0.910. The van der Waals surface area contributed by atoms with Crippen LogP contribution < -0.4 is 0 Å². The molecule has 0 spiro atoms. The highest BCUT2D eigenvalue weighted by Gasteiger charge is 2.34. The second-order valence-corrected chi connectivity index (χ2v) is 7.87. The SMILES string of the molecule is CCCCCCCCCCCCCCC[C@@]1(OC)C=C[C@H](CC(=O)OC)OO1. The van der Waals surface area contributed by atoms with Crippen molar-refractivity contribution in [1.82, 2.24) is 0 Å². The first-order valence-electron chi connectivity index (χ1n) is 11.3. The Labute approximate surface area is 172 Å². The van der Waals surface area contributed by atoms with E-state index in [1.54, 1.807) is 7.11 Å². The van der Waals surface area contributed by atoms with E-state index in [9.17, 15) is 4.79 Å². The molecule has 0 aromatic carbocycles. The lowest BCUT2D eigenvalue weighted by Crippen LogP contribution is -2.38. The molecule has 0 fully saturated rings. The second kappa shape index (κ2) is 15.9. The quantitative estimate of drug-likeness (QED) is 0.125. The lowest BCUT2D eigenvalue weighted by atomic mass is 10.0. The van der Waals surface area contributed by atoms with Crippen LogP contribution in [0.1, 0.15) is 103 Å². The number of hydrogen-bond donors (Lipinski definition) is 0. The van der Waals surface area contributed by atoms with Gasteiger partial charge in [-0.3, -0.25) is 4.79 Å². The first kappa shape index (κ1) is 25.1. The largest absolute Gasteiger partial charge is 0.469 e. The number of carbonyl (C=O) groups excluding carboxylic acids is 1. The molecule has 1 aliphatic rings. The number of rotatable bonds is 17. The predicted molar refractivity (Wildman–Crippen MR) is 112 cm³/mol. The van der Waals surface area contributed by atoms with Gasteiger partial charge in [0.2, 0.25) is 5.79 Å². The molecule has 0 aromatic heterocycles. The Morgan fingerprint density at radius 3 is 1.86 bits per heavy atom. The van der Waals surface area contributed by atoms with Crippen molar-refractivity contribution in [3.63, 3.8) is 0 Å². The van der Waals surface area contributed by atoms with Gasteiger partial charge < -0.3 is 9.47 Å². The fraction of sp³-hybridized carbons (Fsp3) is 0.870. The van der Waals surface area contributed by atoms with Crippen LogP contribution >= 0.6 is 0 Å². The highest BCUT2D eigenvalue weighted by molar-refractivity contribution is 5.70. The van der Waals surface area contributed by atoms with Crippen LogP contribution in [-0.4, -0.2) is 32.1 Å². The Balaban J connectivity index is 2.02. The average molecular weight is 399 g/mol. The summed E-state index contributed by atoms with van der Waals surface area (Å²) in [7, 11) is 2.99. The minimum atomic E-state index is -0.829. The highest BCUT2D eigenvalue weighted by atomic mass is 17.2. The number of ether oxygens (including phenoxy) is 2. The fourth-order valence-electron chi connectivity index (χ4n) is 3.52. The minimum absolute atomic E-state index is 0.144. The molecule has 1 heterocycles. The van der Waals surface area contributed by atoms with Crippen molar-refractivity contribution in [2.24, 2.45) is 0 Å². The van der Waals surface area contributed by atoms with Crippen molar-refractivity contribution in [2.75, 3.05) is 14.2 Å². The number of carbonyl (C=O) groups is 1. The molecule has 2 atom stereocenters. The molecule has 0 amide bonds. The molecule has 0 aliphatic carbocycles. The van der Waals surface area contributed by atoms with Crippen molar-refractivity contribution >= 4 is 5.97 Å². The third kappa shape index (κ3) is 11.2. The maximum atomic E-state index is 11.3. The number of esters is 1. The van der Waals surface area contributed by atoms with Gasteiger partial charge in [-0.05, 0) is 12.5 Å². The summed E-state index contributed by atoms with van der Waals surface area (Å²) in [5, 5.41) is 0. The zero-order valence-corrected chi connectivity index (χ0v) is 18.4. The standard InChI is InChI=1S/C23H42O5/c1-4-5-6-7-8-9-10-11-12-13-14-15-16-18-23(26-3)19-17-21(27-28-23)20-22(24)25-2/h17,19,21H,4-16,18,20H2,1-3H3/t21-,23+/m1/s1. The van der Waals surface area contributed by atoms with E-state index in [0.29, 0.717) is 0 Å². The van der Waals surface area contributed by atoms with E-state index >= 15 is 0 Å². The van der Waals surface area contributed by atoms with Crippen LogP contribution in [-0.2, 0) is 24.0 Å². The van der Waals surface area contributed by atoms with Crippen LogP contribution in [0.3, 0.4) is 0 Å². The van der Waals surface area contributed by atoms with E-state index < -0.39 is 11.9 Å². The molecule has 1 rings (SSSR count). The summed E-state index contributed by atoms with van der Waals surface area (Å²) in [4.78, 5) is 22.1. The normalized spacial score (nSPS) is 21.8. The molecule has 0 saturated carbocycles. The van der Waals surface area contributed by atoms with Crippen molar-refractivity contribution in [3.8, 4) is 0 Å². The molecular formula is C23H42O5. The summed E-state index contributed by atoms with van der Waals surface area (Å²) < 4.78 is 10.2. The van der Waals surface area contributed by atoms with E-state index in [2.05, 4.69) is 11.7 Å². The van der Waals surface area contributed by atoms with Gasteiger partial charge in [-0.15, -0.1) is 0 Å². The van der Waals surface area contributed by atoms with E-state index in [0.717, 1.165) is 12.8 Å². The lowest BCUT2D eigenvalue weighted by molar-refractivity contribution is -0.428. The topological polar surface area (TPSA) is 54.0 Å². The van der Waals surface area contributed by atoms with Crippen molar-refractivity contribution < 1.29 is 24.0 Å². The Kier molecular flexibility index (Phi) is 14.3. The number of unbranched alkanes of at least 4 members (excludes halogenated alkanes) is 12. The van der Waals surface area contributed by atoms with Gasteiger partial charge in [0.15, 0.2) is 0 Å². The highest BCUT2D eigenvalue weighted by Crippen LogP contribution is 2.28. The lowest BCUT2D eigenvalue weighted by Gasteiger charge is -2.32. The molecule has 0 radical (unpaired) electrons. The van der Waals surface area contributed by atoms with Crippen LogP contribution in [0.2, 0.25) is 0 Å². The summed E-state index contributed by atoms with van der Waals surface area (Å²) in [6.07, 6.45) is 21.4. The smallest absolute Gasteiger partial charge is 0.308 e. The molecule has 28 heavy (non-hydrogen) atoms. The molecule has 0 unspecified atom stereocenters.